The van der Waals surface area contributed by atoms with Gasteiger partial charge in [0.15, 0.2) is 0 Å². The molecule has 18 heavy (non-hydrogen) atoms. The molecular formula is C16H31NO. The van der Waals surface area contributed by atoms with Crippen molar-refractivity contribution in [1.82, 2.24) is 5.32 Å². The third kappa shape index (κ3) is 5.71. The minimum absolute atomic E-state index is 0.577. The van der Waals surface area contributed by atoms with E-state index in [1.54, 1.807) is 0 Å². The number of nitrogens with one attached hydrogen (secondary N) is 1. The minimum atomic E-state index is 0.577. The number of hydrogen-bond acceptors (Lipinski definition) is 2. The third-order valence-corrected chi connectivity index (χ3v) is 4.50. The second-order valence-electron chi connectivity index (χ2n) is 6.22. The van der Waals surface area contributed by atoms with Gasteiger partial charge in [0.25, 0.3) is 0 Å². The van der Waals surface area contributed by atoms with E-state index in [2.05, 4.69) is 12.2 Å². The molecule has 0 radical (unpaired) electrons. The van der Waals surface area contributed by atoms with E-state index in [9.17, 15) is 0 Å². The van der Waals surface area contributed by atoms with E-state index in [0.717, 1.165) is 18.6 Å². The molecular weight excluding hydrogens is 222 g/mol. The smallest absolute Gasteiger partial charge is 0.0577 e. The molecule has 2 heteroatoms. The van der Waals surface area contributed by atoms with E-state index in [0.29, 0.717) is 6.10 Å². The third-order valence-electron chi connectivity index (χ3n) is 4.50. The Labute approximate surface area is 113 Å². The molecule has 0 aromatic carbocycles. The SMILES string of the molecule is CCC1CCCC(OCCCCCNC2CC2)C1. The van der Waals surface area contributed by atoms with Crippen LogP contribution in [0.5, 0.6) is 0 Å². The Hall–Kier alpha value is -0.0800. The monoisotopic (exact) mass is 253 g/mol. The van der Waals surface area contributed by atoms with Gasteiger partial charge in [-0.25, -0.2) is 0 Å². The van der Waals surface area contributed by atoms with Gasteiger partial charge in [-0.3, -0.25) is 0 Å². The van der Waals surface area contributed by atoms with Crippen LogP contribution in [-0.2, 0) is 4.74 Å². The lowest BCUT2D eigenvalue weighted by Crippen LogP contribution is -2.23. The predicted octanol–water partition coefficient (Wildman–Crippen LogP) is 3.89. The van der Waals surface area contributed by atoms with E-state index in [1.807, 2.05) is 0 Å². The lowest BCUT2D eigenvalue weighted by molar-refractivity contribution is 0.0107. The zero-order valence-corrected chi connectivity index (χ0v) is 12.1. The highest BCUT2D eigenvalue weighted by molar-refractivity contribution is 4.80. The molecule has 2 atom stereocenters. The van der Waals surface area contributed by atoms with Crippen molar-refractivity contribution in [3.63, 3.8) is 0 Å². The Morgan fingerprint density at radius 1 is 1.06 bits per heavy atom. The molecule has 0 amide bonds. The van der Waals surface area contributed by atoms with Crippen LogP contribution >= 0.6 is 0 Å². The second-order valence-corrected chi connectivity index (χ2v) is 6.22. The predicted molar refractivity (Wildman–Crippen MR) is 76.9 cm³/mol. The summed E-state index contributed by atoms with van der Waals surface area (Å²) in [6.45, 7) is 4.52. The number of rotatable bonds is 9. The zero-order chi connectivity index (χ0) is 12.6. The average Bonchev–Trinajstić information content (AvgIpc) is 3.22. The second kappa shape index (κ2) is 8.16. The summed E-state index contributed by atoms with van der Waals surface area (Å²) in [6.07, 6.45) is 14.1. The van der Waals surface area contributed by atoms with E-state index in [4.69, 9.17) is 4.74 Å². The van der Waals surface area contributed by atoms with Crippen LogP contribution in [0.4, 0.5) is 0 Å². The summed E-state index contributed by atoms with van der Waals surface area (Å²) in [5.41, 5.74) is 0. The van der Waals surface area contributed by atoms with Crippen LogP contribution in [0.25, 0.3) is 0 Å². The molecule has 0 aliphatic heterocycles. The molecule has 1 N–H and O–H groups in total. The summed E-state index contributed by atoms with van der Waals surface area (Å²) in [6, 6.07) is 0.870. The first-order valence-corrected chi connectivity index (χ1v) is 8.23. The summed E-state index contributed by atoms with van der Waals surface area (Å²) in [5.74, 6) is 0.937. The number of ether oxygens (including phenoxy) is 1. The Bertz CT molecular complexity index is 215. The van der Waals surface area contributed by atoms with Crippen LogP contribution in [0.1, 0.15) is 71.1 Å². The number of unbranched alkanes of at least 4 members (excludes halogenated alkanes) is 2. The van der Waals surface area contributed by atoms with E-state index >= 15 is 0 Å². The van der Waals surface area contributed by atoms with Gasteiger partial charge in [-0.15, -0.1) is 0 Å². The lowest BCUT2D eigenvalue weighted by Gasteiger charge is -2.28. The standard InChI is InChI=1S/C16H31NO/c1-2-14-7-6-8-16(13-14)18-12-5-3-4-11-17-15-9-10-15/h14-17H,2-13H2,1H3. The maximum absolute atomic E-state index is 6.03. The van der Waals surface area contributed by atoms with Crippen molar-refractivity contribution in [3.05, 3.63) is 0 Å². The van der Waals surface area contributed by atoms with E-state index in [-0.39, 0.29) is 0 Å². The van der Waals surface area contributed by atoms with Crippen molar-refractivity contribution in [3.8, 4) is 0 Å². The fourth-order valence-corrected chi connectivity index (χ4v) is 3.01. The molecule has 2 aliphatic rings. The van der Waals surface area contributed by atoms with Crippen molar-refractivity contribution in [2.75, 3.05) is 13.2 Å². The molecule has 0 saturated heterocycles. The van der Waals surface area contributed by atoms with Crippen LogP contribution in [0.3, 0.4) is 0 Å². The summed E-state index contributed by atoms with van der Waals surface area (Å²) >= 11 is 0. The molecule has 2 saturated carbocycles. The zero-order valence-electron chi connectivity index (χ0n) is 12.1. The Morgan fingerprint density at radius 2 is 1.94 bits per heavy atom. The highest BCUT2D eigenvalue weighted by Crippen LogP contribution is 2.28. The van der Waals surface area contributed by atoms with Gasteiger partial charge < -0.3 is 10.1 Å². The van der Waals surface area contributed by atoms with Gasteiger partial charge in [0.1, 0.15) is 0 Å². The average molecular weight is 253 g/mol. The van der Waals surface area contributed by atoms with Crippen molar-refractivity contribution in [2.45, 2.75) is 83.3 Å². The summed E-state index contributed by atoms with van der Waals surface area (Å²) < 4.78 is 6.03. The van der Waals surface area contributed by atoms with Crippen LogP contribution in [0.15, 0.2) is 0 Å². The molecule has 0 heterocycles. The van der Waals surface area contributed by atoms with Crippen molar-refractivity contribution >= 4 is 0 Å². The van der Waals surface area contributed by atoms with E-state index in [1.165, 1.54) is 70.8 Å². The molecule has 2 unspecified atom stereocenters. The van der Waals surface area contributed by atoms with Gasteiger partial charge in [-0.1, -0.05) is 26.2 Å². The molecule has 106 valence electrons. The fraction of sp³-hybridized carbons (Fsp3) is 1.00. The topological polar surface area (TPSA) is 21.3 Å². The molecule has 0 bridgehead atoms. The maximum atomic E-state index is 6.03. The molecule has 2 nitrogen and oxygen atoms in total. The first-order chi connectivity index (χ1) is 8.88. The van der Waals surface area contributed by atoms with Gasteiger partial charge >= 0.3 is 0 Å². The Morgan fingerprint density at radius 3 is 2.72 bits per heavy atom. The first kappa shape index (κ1) is 14.3. The highest BCUT2D eigenvalue weighted by Gasteiger charge is 2.21. The molecule has 0 spiro atoms. The van der Waals surface area contributed by atoms with Crippen molar-refractivity contribution < 1.29 is 4.74 Å². The molecule has 2 fully saturated rings. The van der Waals surface area contributed by atoms with Crippen LogP contribution < -0.4 is 5.32 Å². The minimum Gasteiger partial charge on any atom is -0.378 e. The maximum Gasteiger partial charge on any atom is 0.0577 e. The first-order valence-electron chi connectivity index (χ1n) is 8.23. The van der Waals surface area contributed by atoms with Gasteiger partial charge in [0.2, 0.25) is 0 Å². The Balaban J connectivity index is 1.39. The number of hydrogen-bond donors (Lipinski definition) is 1. The van der Waals surface area contributed by atoms with Crippen LogP contribution in [0.2, 0.25) is 0 Å². The normalized spacial score (nSPS) is 28.5. The summed E-state index contributed by atoms with van der Waals surface area (Å²) in [4.78, 5) is 0. The van der Waals surface area contributed by atoms with Gasteiger partial charge in [0.05, 0.1) is 6.10 Å². The Kier molecular flexibility index (Phi) is 6.50. The molecule has 0 aromatic rings. The highest BCUT2D eigenvalue weighted by atomic mass is 16.5. The largest absolute Gasteiger partial charge is 0.378 e. The fourth-order valence-electron chi connectivity index (χ4n) is 3.01. The van der Waals surface area contributed by atoms with Gasteiger partial charge in [-0.2, -0.15) is 0 Å². The van der Waals surface area contributed by atoms with Crippen LogP contribution in [-0.4, -0.2) is 25.3 Å². The van der Waals surface area contributed by atoms with Crippen molar-refractivity contribution in [2.24, 2.45) is 5.92 Å². The van der Waals surface area contributed by atoms with Gasteiger partial charge in [0, 0.05) is 12.6 Å². The summed E-state index contributed by atoms with van der Waals surface area (Å²) in [5, 5.41) is 3.57. The summed E-state index contributed by atoms with van der Waals surface area (Å²) in [7, 11) is 0. The quantitative estimate of drug-likeness (QED) is 0.629. The molecule has 2 aliphatic carbocycles. The van der Waals surface area contributed by atoms with E-state index < -0.39 is 0 Å². The lowest BCUT2D eigenvalue weighted by atomic mass is 9.85. The van der Waals surface area contributed by atoms with Crippen molar-refractivity contribution in [1.29, 1.82) is 0 Å². The van der Waals surface area contributed by atoms with Crippen LogP contribution in [0, 0.1) is 5.92 Å². The molecule has 0 aromatic heterocycles. The van der Waals surface area contributed by atoms with Gasteiger partial charge in [-0.05, 0) is 57.4 Å². The molecule has 2 rings (SSSR count).